The quantitative estimate of drug-likeness (QED) is 0.486. The summed E-state index contributed by atoms with van der Waals surface area (Å²) in [6.45, 7) is 0.665. The van der Waals surface area contributed by atoms with Gasteiger partial charge in [0.05, 0.1) is 27.2 Å². The van der Waals surface area contributed by atoms with E-state index in [1.807, 2.05) is 6.07 Å². The molecule has 1 amide bonds. The Morgan fingerprint density at radius 2 is 1.97 bits per heavy atom. The van der Waals surface area contributed by atoms with Gasteiger partial charge in [-0.15, -0.1) is 0 Å². The second-order valence-electron chi connectivity index (χ2n) is 7.46. The van der Waals surface area contributed by atoms with Gasteiger partial charge in [-0.1, -0.05) is 18.2 Å². The van der Waals surface area contributed by atoms with Crippen LogP contribution in [0, 0.1) is 0 Å². The standard InChI is InChI=1S/C23H20N4O4S/c1-27-20-3-2-4-22(18(20)13-26-27)32(29,30)17-8-5-15(6-9-17)12-24-23(28)16-7-10-19-21(11-16)31-14-25-19/h2-11,13,25H,12,14H2,1H3,(H,24,28). The number of benzene rings is 3. The van der Waals surface area contributed by atoms with Crippen molar-refractivity contribution in [1.29, 1.82) is 0 Å². The van der Waals surface area contributed by atoms with Crippen molar-refractivity contribution >= 4 is 32.3 Å². The van der Waals surface area contributed by atoms with Gasteiger partial charge in [0.2, 0.25) is 9.84 Å². The first-order valence-corrected chi connectivity index (χ1v) is 11.5. The molecule has 9 heteroatoms. The second kappa shape index (κ2) is 7.69. The molecule has 2 N–H and O–H groups in total. The summed E-state index contributed by atoms with van der Waals surface area (Å²) >= 11 is 0. The predicted octanol–water partition coefficient (Wildman–Crippen LogP) is 3.10. The number of sulfone groups is 1. The van der Waals surface area contributed by atoms with Crippen LogP contribution < -0.4 is 15.4 Å². The molecule has 32 heavy (non-hydrogen) atoms. The SMILES string of the molecule is Cn1ncc2c(S(=O)(=O)c3ccc(CNC(=O)c4ccc5c(c4)OCN5)cc3)cccc21. The Bertz CT molecular complexity index is 1440. The average Bonchev–Trinajstić information content (AvgIpc) is 3.43. The maximum absolute atomic E-state index is 13.2. The number of amides is 1. The van der Waals surface area contributed by atoms with Crippen LogP contribution in [0.3, 0.4) is 0 Å². The third kappa shape index (κ3) is 3.46. The molecule has 3 aromatic carbocycles. The van der Waals surface area contributed by atoms with Crippen LogP contribution in [-0.2, 0) is 23.4 Å². The number of aryl methyl sites for hydroxylation is 1. The fraction of sp³-hybridized carbons (Fsp3) is 0.130. The number of hydrogen-bond donors (Lipinski definition) is 2. The van der Waals surface area contributed by atoms with E-state index >= 15 is 0 Å². The monoisotopic (exact) mass is 448 g/mol. The van der Waals surface area contributed by atoms with E-state index in [-0.39, 0.29) is 22.2 Å². The summed E-state index contributed by atoms with van der Waals surface area (Å²) in [6.07, 6.45) is 1.56. The molecule has 0 spiro atoms. The van der Waals surface area contributed by atoms with Crippen LogP contribution in [0.4, 0.5) is 5.69 Å². The fourth-order valence-electron chi connectivity index (χ4n) is 3.70. The van der Waals surface area contributed by atoms with E-state index in [0.29, 0.717) is 23.4 Å². The lowest BCUT2D eigenvalue weighted by Crippen LogP contribution is -2.22. The number of aromatic nitrogens is 2. The van der Waals surface area contributed by atoms with Crippen LogP contribution in [-0.4, -0.2) is 30.8 Å². The molecule has 0 atom stereocenters. The lowest BCUT2D eigenvalue weighted by Gasteiger charge is -2.09. The third-order valence-electron chi connectivity index (χ3n) is 5.46. The Morgan fingerprint density at radius 1 is 1.16 bits per heavy atom. The number of nitrogens with zero attached hydrogens (tertiary/aromatic N) is 2. The van der Waals surface area contributed by atoms with Crippen LogP contribution in [0.1, 0.15) is 15.9 Å². The topological polar surface area (TPSA) is 102 Å². The zero-order chi connectivity index (χ0) is 22.3. The van der Waals surface area contributed by atoms with Gasteiger partial charge < -0.3 is 15.4 Å². The van der Waals surface area contributed by atoms with Gasteiger partial charge in [0.1, 0.15) is 5.75 Å². The minimum absolute atomic E-state index is 0.187. The summed E-state index contributed by atoms with van der Waals surface area (Å²) in [4.78, 5) is 12.9. The van der Waals surface area contributed by atoms with E-state index in [2.05, 4.69) is 15.7 Å². The Hall–Kier alpha value is -3.85. The molecule has 1 aliphatic heterocycles. The largest absolute Gasteiger partial charge is 0.471 e. The van der Waals surface area contributed by atoms with E-state index in [1.165, 1.54) is 0 Å². The number of carbonyl (C=O) groups excluding carboxylic acids is 1. The van der Waals surface area contributed by atoms with Crippen LogP contribution >= 0.6 is 0 Å². The number of hydrogen-bond acceptors (Lipinski definition) is 6. The zero-order valence-corrected chi connectivity index (χ0v) is 18.0. The number of nitrogens with one attached hydrogen (secondary N) is 2. The first kappa shape index (κ1) is 20.1. The normalized spacial score (nSPS) is 12.8. The maximum Gasteiger partial charge on any atom is 0.251 e. The molecule has 8 nitrogen and oxygen atoms in total. The summed E-state index contributed by atoms with van der Waals surface area (Å²) in [6, 6.07) is 16.9. The van der Waals surface area contributed by atoms with Crippen molar-refractivity contribution in [1.82, 2.24) is 15.1 Å². The first-order valence-electron chi connectivity index (χ1n) is 9.97. The molecule has 0 saturated carbocycles. The summed E-state index contributed by atoms with van der Waals surface area (Å²) in [5.41, 5.74) is 2.89. The molecule has 0 radical (unpaired) electrons. The van der Waals surface area contributed by atoms with Crippen LogP contribution in [0.5, 0.6) is 5.75 Å². The maximum atomic E-state index is 13.2. The van der Waals surface area contributed by atoms with Gasteiger partial charge in [0, 0.05) is 24.5 Å². The molecule has 2 heterocycles. The molecular weight excluding hydrogens is 428 g/mol. The Kier molecular flexibility index (Phi) is 4.82. The molecule has 0 aliphatic carbocycles. The Labute approximate surface area is 184 Å². The molecule has 0 unspecified atom stereocenters. The van der Waals surface area contributed by atoms with Crippen molar-refractivity contribution in [3.63, 3.8) is 0 Å². The summed E-state index contributed by atoms with van der Waals surface area (Å²) < 4.78 is 33.4. The highest BCUT2D eigenvalue weighted by atomic mass is 32.2. The summed E-state index contributed by atoms with van der Waals surface area (Å²) in [5, 5.41) is 10.7. The van der Waals surface area contributed by atoms with E-state index in [9.17, 15) is 13.2 Å². The van der Waals surface area contributed by atoms with Gasteiger partial charge in [-0.3, -0.25) is 9.48 Å². The van der Waals surface area contributed by atoms with Crippen LogP contribution in [0.15, 0.2) is 76.7 Å². The van der Waals surface area contributed by atoms with Crippen molar-refractivity contribution in [3.8, 4) is 5.75 Å². The smallest absolute Gasteiger partial charge is 0.251 e. The van der Waals surface area contributed by atoms with Gasteiger partial charge in [-0.05, 0) is 48.0 Å². The summed E-state index contributed by atoms with van der Waals surface area (Å²) in [7, 11) is -1.94. The molecule has 1 aliphatic rings. The van der Waals surface area contributed by atoms with Crippen molar-refractivity contribution in [2.75, 3.05) is 12.0 Å². The minimum Gasteiger partial charge on any atom is -0.471 e. The number of carbonyl (C=O) groups is 1. The van der Waals surface area contributed by atoms with Crippen molar-refractivity contribution in [2.45, 2.75) is 16.3 Å². The highest BCUT2D eigenvalue weighted by Crippen LogP contribution is 2.30. The van der Waals surface area contributed by atoms with Crippen LogP contribution in [0.25, 0.3) is 10.9 Å². The Morgan fingerprint density at radius 3 is 2.78 bits per heavy atom. The fourth-order valence-corrected chi connectivity index (χ4v) is 5.16. The number of rotatable bonds is 5. The average molecular weight is 449 g/mol. The molecule has 4 aromatic rings. The molecular formula is C23H20N4O4S. The van der Waals surface area contributed by atoms with Gasteiger partial charge in [0.25, 0.3) is 5.91 Å². The highest BCUT2D eigenvalue weighted by Gasteiger charge is 2.21. The predicted molar refractivity (Wildman–Crippen MR) is 119 cm³/mol. The highest BCUT2D eigenvalue weighted by molar-refractivity contribution is 7.91. The van der Waals surface area contributed by atoms with Gasteiger partial charge in [-0.25, -0.2) is 8.42 Å². The first-order chi connectivity index (χ1) is 15.4. The molecule has 0 fully saturated rings. The van der Waals surface area contributed by atoms with Crippen molar-refractivity contribution in [3.05, 3.63) is 78.0 Å². The van der Waals surface area contributed by atoms with E-state index in [1.54, 1.807) is 72.5 Å². The van der Waals surface area contributed by atoms with Crippen molar-refractivity contribution in [2.24, 2.45) is 7.05 Å². The van der Waals surface area contributed by atoms with E-state index in [0.717, 1.165) is 16.8 Å². The minimum atomic E-state index is -3.71. The molecule has 0 saturated heterocycles. The van der Waals surface area contributed by atoms with Crippen LogP contribution in [0.2, 0.25) is 0 Å². The lowest BCUT2D eigenvalue weighted by molar-refractivity contribution is 0.0950. The number of ether oxygens (including phenoxy) is 1. The molecule has 1 aromatic heterocycles. The van der Waals surface area contributed by atoms with Crippen molar-refractivity contribution < 1.29 is 17.9 Å². The molecule has 5 rings (SSSR count). The molecule has 162 valence electrons. The van der Waals surface area contributed by atoms with E-state index < -0.39 is 9.84 Å². The van der Waals surface area contributed by atoms with Gasteiger partial charge in [-0.2, -0.15) is 5.10 Å². The number of anilines is 1. The number of fused-ring (bicyclic) bond motifs is 2. The molecule has 0 bridgehead atoms. The lowest BCUT2D eigenvalue weighted by atomic mass is 10.1. The van der Waals surface area contributed by atoms with E-state index in [4.69, 9.17) is 4.74 Å². The van der Waals surface area contributed by atoms with Gasteiger partial charge >= 0.3 is 0 Å². The third-order valence-corrected chi connectivity index (χ3v) is 7.29. The van der Waals surface area contributed by atoms with Gasteiger partial charge in [0.15, 0.2) is 6.73 Å². The second-order valence-corrected chi connectivity index (χ2v) is 9.38. The Balaban J connectivity index is 1.32. The zero-order valence-electron chi connectivity index (χ0n) is 17.2. The summed E-state index contributed by atoms with van der Waals surface area (Å²) in [5.74, 6) is 0.416.